The highest BCUT2D eigenvalue weighted by atomic mass is 35.5. The van der Waals surface area contributed by atoms with Crippen molar-refractivity contribution in [3.05, 3.63) is 45.8 Å². The Balaban J connectivity index is 1.84. The minimum atomic E-state index is -3.72. The van der Waals surface area contributed by atoms with Gasteiger partial charge in [-0.25, -0.2) is 8.42 Å². The van der Waals surface area contributed by atoms with Gasteiger partial charge in [0.05, 0.1) is 4.34 Å². The van der Waals surface area contributed by atoms with Crippen LogP contribution in [0.15, 0.2) is 34.5 Å². The van der Waals surface area contributed by atoms with Gasteiger partial charge in [0.25, 0.3) is 10.0 Å². The molecule has 8 heteroatoms. The van der Waals surface area contributed by atoms with Crippen LogP contribution in [0.1, 0.15) is 24.0 Å². The second kappa shape index (κ2) is 7.07. The lowest BCUT2D eigenvalue weighted by molar-refractivity contribution is -0.119. The SMILES string of the molecule is Cc1ccc(C)c(NC(=O)[C@H]2CCCN2S(=O)(=O)c2ccc(Cl)s2)c1. The molecular formula is C17H19ClN2O3S2. The van der Waals surface area contributed by atoms with Crippen LogP contribution in [0.3, 0.4) is 0 Å². The van der Waals surface area contributed by atoms with Gasteiger partial charge in [-0.15, -0.1) is 11.3 Å². The van der Waals surface area contributed by atoms with Gasteiger partial charge in [-0.1, -0.05) is 23.7 Å². The van der Waals surface area contributed by atoms with Gasteiger partial charge in [0, 0.05) is 12.2 Å². The highest BCUT2D eigenvalue weighted by Crippen LogP contribution is 2.32. The number of nitrogens with one attached hydrogen (secondary N) is 1. The molecule has 25 heavy (non-hydrogen) atoms. The van der Waals surface area contributed by atoms with E-state index in [1.165, 1.54) is 10.4 Å². The first-order chi connectivity index (χ1) is 11.8. The number of hydrogen-bond donors (Lipinski definition) is 1. The van der Waals surface area contributed by atoms with Gasteiger partial charge in [-0.3, -0.25) is 4.79 Å². The van der Waals surface area contributed by atoms with Crippen LogP contribution in [-0.4, -0.2) is 31.2 Å². The molecule has 1 atom stereocenters. The van der Waals surface area contributed by atoms with Crippen molar-refractivity contribution in [2.45, 2.75) is 36.9 Å². The van der Waals surface area contributed by atoms with E-state index in [-0.39, 0.29) is 10.1 Å². The number of rotatable bonds is 4. The third-order valence-electron chi connectivity index (χ3n) is 4.27. The normalized spacial score (nSPS) is 18.4. The molecule has 1 saturated heterocycles. The summed E-state index contributed by atoms with van der Waals surface area (Å²) in [7, 11) is -3.72. The summed E-state index contributed by atoms with van der Waals surface area (Å²) in [4.78, 5) is 12.7. The van der Waals surface area contributed by atoms with Crippen molar-refractivity contribution in [3.8, 4) is 0 Å². The van der Waals surface area contributed by atoms with E-state index in [4.69, 9.17) is 11.6 Å². The van der Waals surface area contributed by atoms with E-state index in [0.717, 1.165) is 22.5 Å². The Kier molecular flexibility index (Phi) is 5.20. The molecule has 2 aromatic rings. The van der Waals surface area contributed by atoms with Gasteiger partial charge >= 0.3 is 0 Å². The molecular weight excluding hydrogens is 380 g/mol. The first kappa shape index (κ1) is 18.4. The molecule has 0 unspecified atom stereocenters. The second-order valence-corrected chi connectivity index (χ2v) is 9.97. The van der Waals surface area contributed by atoms with Crippen LogP contribution in [0.25, 0.3) is 0 Å². The van der Waals surface area contributed by atoms with Crippen LogP contribution in [0, 0.1) is 13.8 Å². The molecule has 1 aromatic carbocycles. The number of carbonyl (C=O) groups is 1. The Morgan fingerprint density at radius 2 is 2.04 bits per heavy atom. The summed E-state index contributed by atoms with van der Waals surface area (Å²) in [5, 5.41) is 2.88. The van der Waals surface area contributed by atoms with Crippen molar-refractivity contribution < 1.29 is 13.2 Å². The maximum absolute atomic E-state index is 12.8. The highest BCUT2D eigenvalue weighted by Gasteiger charge is 2.40. The molecule has 0 spiro atoms. The van der Waals surface area contributed by atoms with Gasteiger partial charge < -0.3 is 5.32 Å². The van der Waals surface area contributed by atoms with Crippen molar-refractivity contribution in [2.24, 2.45) is 0 Å². The van der Waals surface area contributed by atoms with Gasteiger partial charge in [0.1, 0.15) is 10.3 Å². The second-order valence-electron chi connectivity index (χ2n) is 6.14. The predicted molar refractivity (Wildman–Crippen MR) is 101 cm³/mol. The number of halogens is 1. The molecule has 1 fully saturated rings. The molecule has 1 aliphatic rings. The Hall–Kier alpha value is -1.41. The minimum absolute atomic E-state index is 0.170. The molecule has 1 aliphatic heterocycles. The highest BCUT2D eigenvalue weighted by molar-refractivity contribution is 7.91. The molecule has 0 aliphatic carbocycles. The summed E-state index contributed by atoms with van der Waals surface area (Å²) in [6.45, 7) is 4.19. The van der Waals surface area contributed by atoms with E-state index < -0.39 is 16.1 Å². The lowest BCUT2D eigenvalue weighted by Gasteiger charge is -2.23. The summed E-state index contributed by atoms with van der Waals surface area (Å²) < 4.78 is 27.5. The van der Waals surface area contributed by atoms with Crippen LogP contribution in [0.5, 0.6) is 0 Å². The third kappa shape index (κ3) is 3.74. The molecule has 0 saturated carbocycles. The molecule has 0 radical (unpaired) electrons. The van der Waals surface area contributed by atoms with Crippen molar-refractivity contribution in [1.29, 1.82) is 0 Å². The molecule has 134 valence electrons. The molecule has 0 bridgehead atoms. The van der Waals surface area contributed by atoms with Crippen molar-refractivity contribution in [2.75, 3.05) is 11.9 Å². The van der Waals surface area contributed by atoms with E-state index in [0.29, 0.717) is 29.4 Å². The lowest BCUT2D eigenvalue weighted by atomic mass is 10.1. The molecule has 3 rings (SSSR count). The van der Waals surface area contributed by atoms with E-state index in [9.17, 15) is 13.2 Å². The van der Waals surface area contributed by atoms with Crippen molar-refractivity contribution >= 4 is 44.6 Å². The maximum atomic E-state index is 12.8. The predicted octanol–water partition coefficient (Wildman–Crippen LogP) is 3.81. The number of nitrogens with zero attached hydrogens (tertiary/aromatic N) is 1. The van der Waals surface area contributed by atoms with E-state index in [1.54, 1.807) is 6.07 Å². The summed E-state index contributed by atoms with van der Waals surface area (Å²) in [6.07, 6.45) is 1.16. The van der Waals surface area contributed by atoms with E-state index >= 15 is 0 Å². The standard InChI is InChI=1S/C17H19ClN2O3S2/c1-11-5-6-12(2)13(10-11)19-17(21)14-4-3-9-20(14)25(22,23)16-8-7-15(18)24-16/h5-8,10,14H,3-4,9H2,1-2H3,(H,19,21)/t14-/m1/s1. The Bertz CT molecular complexity index is 908. The zero-order valence-corrected chi connectivity index (χ0v) is 16.3. The smallest absolute Gasteiger partial charge is 0.253 e. The Morgan fingerprint density at radius 1 is 1.28 bits per heavy atom. The van der Waals surface area contributed by atoms with Crippen LogP contribution in [0.4, 0.5) is 5.69 Å². The number of hydrogen-bond acceptors (Lipinski definition) is 4. The number of anilines is 1. The fourth-order valence-corrected chi connectivity index (χ4v) is 6.20. The quantitative estimate of drug-likeness (QED) is 0.851. The lowest BCUT2D eigenvalue weighted by Crippen LogP contribution is -2.42. The molecule has 5 nitrogen and oxygen atoms in total. The molecule has 1 N–H and O–H groups in total. The minimum Gasteiger partial charge on any atom is -0.324 e. The van der Waals surface area contributed by atoms with Gasteiger partial charge in [-0.2, -0.15) is 4.31 Å². The molecule has 1 aromatic heterocycles. The first-order valence-electron chi connectivity index (χ1n) is 7.94. The number of sulfonamides is 1. The topological polar surface area (TPSA) is 66.5 Å². The van der Waals surface area contributed by atoms with Crippen molar-refractivity contribution in [1.82, 2.24) is 4.31 Å². The van der Waals surface area contributed by atoms with Crippen LogP contribution in [-0.2, 0) is 14.8 Å². The molecule has 1 amide bonds. The van der Waals surface area contributed by atoms with Crippen LogP contribution in [0.2, 0.25) is 4.34 Å². The monoisotopic (exact) mass is 398 g/mol. The van der Waals surface area contributed by atoms with Crippen molar-refractivity contribution in [3.63, 3.8) is 0 Å². The summed E-state index contributed by atoms with van der Waals surface area (Å²) in [5.74, 6) is -0.294. The fraction of sp³-hybridized carbons (Fsp3) is 0.353. The zero-order chi connectivity index (χ0) is 18.2. The largest absolute Gasteiger partial charge is 0.324 e. The van der Waals surface area contributed by atoms with E-state index in [2.05, 4.69) is 5.32 Å². The number of aryl methyl sites for hydroxylation is 2. The average molecular weight is 399 g/mol. The van der Waals surface area contributed by atoms with E-state index in [1.807, 2.05) is 32.0 Å². The average Bonchev–Trinajstić information content (AvgIpc) is 3.20. The maximum Gasteiger partial charge on any atom is 0.253 e. The van der Waals surface area contributed by atoms with Crippen LogP contribution >= 0.6 is 22.9 Å². The summed E-state index contributed by atoms with van der Waals surface area (Å²) >= 11 is 6.88. The number of benzene rings is 1. The fourth-order valence-electron chi connectivity index (χ4n) is 2.93. The van der Waals surface area contributed by atoms with Gasteiger partial charge in [0.15, 0.2) is 0 Å². The number of amides is 1. The van der Waals surface area contributed by atoms with Crippen LogP contribution < -0.4 is 5.32 Å². The Morgan fingerprint density at radius 3 is 2.72 bits per heavy atom. The Labute approximate surface area is 156 Å². The first-order valence-corrected chi connectivity index (χ1v) is 10.6. The number of carbonyl (C=O) groups excluding carboxylic acids is 1. The zero-order valence-electron chi connectivity index (χ0n) is 14.0. The van der Waals surface area contributed by atoms with Gasteiger partial charge in [0.2, 0.25) is 5.91 Å². The number of thiophene rings is 1. The summed E-state index contributed by atoms with van der Waals surface area (Å²) in [6, 6.07) is 8.13. The van der Waals surface area contributed by atoms with Gasteiger partial charge in [-0.05, 0) is 56.0 Å². The molecule has 2 heterocycles. The summed E-state index contributed by atoms with van der Waals surface area (Å²) in [5.41, 5.74) is 2.69. The third-order valence-corrected chi connectivity index (χ3v) is 7.88.